The van der Waals surface area contributed by atoms with Crippen molar-refractivity contribution >= 4 is 35.3 Å². The number of carbonyl (C=O) groups is 6. The molecule has 1 heterocycles. The third-order valence-electron chi connectivity index (χ3n) is 9.05. The summed E-state index contributed by atoms with van der Waals surface area (Å²) in [5.74, 6) is -9.16. The fraction of sp³-hybridized carbons (Fsp3) is 0.455. The van der Waals surface area contributed by atoms with E-state index >= 15 is 0 Å². The van der Waals surface area contributed by atoms with Gasteiger partial charge in [-0.1, -0.05) is 12.1 Å². The number of methoxy groups -OCH3 is 1. The summed E-state index contributed by atoms with van der Waals surface area (Å²) in [6.07, 6.45) is -7.25. The smallest absolute Gasteiger partial charge is 0.202 e. The normalized spacial score (nSPS) is 25.4. The van der Waals surface area contributed by atoms with Gasteiger partial charge in [0.2, 0.25) is 5.78 Å². The topological polar surface area (TPSA) is 326 Å². The molecule has 2 aromatic rings. The van der Waals surface area contributed by atoms with E-state index in [9.17, 15) is 64.5 Å². The first-order valence-electron chi connectivity index (χ1n) is 15.4. The summed E-state index contributed by atoms with van der Waals surface area (Å²) in [6, 6.07) is 3.75. The number of benzene rings is 2. The van der Waals surface area contributed by atoms with Crippen LogP contribution in [0.2, 0.25) is 0 Å². The van der Waals surface area contributed by atoms with Gasteiger partial charge in [-0.3, -0.25) is 14.4 Å². The molecule has 18 heteroatoms. The van der Waals surface area contributed by atoms with Crippen molar-refractivity contribution < 1.29 is 83.8 Å². The Kier molecular flexibility index (Phi) is 10.9. The lowest BCUT2D eigenvalue weighted by Crippen LogP contribution is -2.54. The molecule has 3 aliphatic rings. The molecular formula is C33H34NO17-3. The average Bonchev–Trinajstić information content (AvgIpc) is 3.02. The molecule has 18 nitrogen and oxygen atoms in total. The van der Waals surface area contributed by atoms with Gasteiger partial charge in [0.05, 0.1) is 48.1 Å². The third-order valence-corrected chi connectivity index (χ3v) is 9.05. The van der Waals surface area contributed by atoms with Gasteiger partial charge in [-0.05, 0) is 19.9 Å². The monoisotopic (exact) mass is 716 g/mol. The molecule has 51 heavy (non-hydrogen) atoms. The second-order valence-electron chi connectivity index (χ2n) is 12.6. The number of aliphatic carboxylic acids is 3. The number of phenolic OH excluding ortho intramolecular Hbond substituents is 2. The van der Waals surface area contributed by atoms with Crippen molar-refractivity contribution in [2.75, 3.05) is 7.11 Å². The molecule has 0 amide bonds. The number of aliphatic hydroxyl groups excluding tert-OH is 1. The number of aliphatic hydroxyl groups is 3. The van der Waals surface area contributed by atoms with Crippen LogP contribution in [0.25, 0.3) is 0 Å². The Morgan fingerprint density at radius 2 is 1.61 bits per heavy atom. The molecule has 1 fully saturated rings. The van der Waals surface area contributed by atoms with Gasteiger partial charge in [-0.15, -0.1) is 0 Å². The molecule has 1 saturated heterocycles. The lowest BCUT2D eigenvalue weighted by molar-refractivity contribution is -0.339. The molecule has 5 rings (SSSR count). The Balaban J connectivity index is 0.000000383. The first-order valence-corrected chi connectivity index (χ1v) is 15.4. The average molecular weight is 717 g/mol. The molecule has 0 unspecified atom stereocenters. The molecule has 1 aliphatic heterocycles. The highest BCUT2D eigenvalue weighted by atomic mass is 16.7. The van der Waals surface area contributed by atoms with Crippen molar-refractivity contribution in [1.82, 2.24) is 0 Å². The summed E-state index contributed by atoms with van der Waals surface area (Å²) in [5, 5.41) is 83.0. The standard InChI is InChI=1S/C27H29NO10.C6H8O7/c1-10-22(30)14(28)7-17(37-10)38-16-9-27(35,11(2)29)8-13-19(16)26(34)21-20(24(13)32)23(31)12-5-4-6-15(36-3)18(12)25(21)33;7-3(8)1-6(13,5(11)12)2-4(9)10/h4-6,10,14,16-17,22,30,32,34-35H,7-9,28H2,1-3H3;13H,1-2H2,(H,7,8)(H,9,10)(H,11,12)/p-3/t10-,14-,16-,17-,22+,27-;/m0./s1. The Labute approximate surface area is 288 Å². The highest BCUT2D eigenvalue weighted by Gasteiger charge is 2.49. The Hall–Kier alpha value is -4.98. The first kappa shape index (κ1) is 38.8. The molecule has 7 N–H and O–H groups in total. The van der Waals surface area contributed by atoms with E-state index in [0.29, 0.717) is 0 Å². The van der Waals surface area contributed by atoms with E-state index in [2.05, 4.69) is 0 Å². The zero-order valence-electron chi connectivity index (χ0n) is 27.4. The van der Waals surface area contributed by atoms with Crippen LogP contribution in [-0.4, -0.2) is 104 Å². The SMILES string of the molecule is COc1cccc2c1C(=O)c1c(O)c3c(c(O)c1C2=O)C[C@@](O)(C(C)=O)C[C@@H]3O[C@H]1C[C@H](N)[C@H](O)[C@H](C)O1.O=C([O-])CC(O)(CC(=O)[O-])C(=O)[O-]. The van der Waals surface area contributed by atoms with Crippen LogP contribution in [0.5, 0.6) is 17.2 Å². The largest absolute Gasteiger partial charge is 0.550 e. The number of Topliss-reactive ketones (excluding diaryl/α,β-unsaturated/α-hetero) is 1. The van der Waals surface area contributed by atoms with E-state index in [4.69, 9.17) is 25.1 Å². The number of carbonyl (C=O) groups excluding carboxylic acids is 6. The van der Waals surface area contributed by atoms with Gasteiger partial charge in [0, 0.05) is 66.8 Å². The number of aromatic hydroxyl groups is 2. The summed E-state index contributed by atoms with van der Waals surface area (Å²) >= 11 is 0. The van der Waals surface area contributed by atoms with Crippen LogP contribution in [-0.2, 0) is 35.1 Å². The van der Waals surface area contributed by atoms with Gasteiger partial charge in [-0.2, -0.15) is 0 Å². The van der Waals surface area contributed by atoms with E-state index in [0.717, 1.165) is 0 Å². The molecule has 0 aromatic heterocycles. The first-order chi connectivity index (χ1) is 23.7. The second kappa shape index (κ2) is 14.3. The fourth-order valence-electron chi connectivity index (χ4n) is 6.34. The highest BCUT2D eigenvalue weighted by molar-refractivity contribution is 6.31. The highest BCUT2D eigenvalue weighted by Crippen LogP contribution is 2.52. The van der Waals surface area contributed by atoms with Crippen molar-refractivity contribution in [1.29, 1.82) is 0 Å². The van der Waals surface area contributed by atoms with E-state index in [1.807, 2.05) is 0 Å². The Morgan fingerprint density at radius 1 is 1.02 bits per heavy atom. The van der Waals surface area contributed by atoms with Crippen LogP contribution in [0.15, 0.2) is 18.2 Å². The van der Waals surface area contributed by atoms with Crippen LogP contribution in [0.3, 0.4) is 0 Å². The van der Waals surface area contributed by atoms with Crippen LogP contribution in [0.1, 0.15) is 88.6 Å². The van der Waals surface area contributed by atoms with Gasteiger partial charge in [-0.25, -0.2) is 0 Å². The molecule has 2 aromatic carbocycles. The number of carboxylic acids is 3. The second-order valence-corrected chi connectivity index (χ2v) is 12.6. The van der Waals surface area contributed by atoms with Crippen molar-refractivity contribution in [2.45, 2.75) is 87.8 Å². The van der Waals surface area contributed by atoms with E-state index in [-0.39, 0.29) is 40.8 Å². The van der Waals surface area contributed by atoms with Gasteiger partial charge in [0.1, 0.15) is 28.5 Å². The quantitative estimate of drug-likeness (QED) is 0.114. The molecule has 0 spiro atoms. The lowest BCUT2D eigenvalue weighted by atomic mass is 9.72. The van der Waals surface area contributed by atoms with E-state index < -0.39 is 119 Å². The maximum absolute atomic E-state index is 13.6. The van der Waals surface area contributed by atoms with Crippen molar-refractivity contribution in [2.24, 2.45) is 5.73 Å². The maximum atomic E-state index is 13.6. The number of nitrogens with two attached hydrogens (primary N) is 1. The lowest BCUT2D eigenvalue weighted by Gasteiger charge is -2.42. The molecular weight excluding hydrogens is 682 g/mol. The number of fused-ring (bicyclic) bond motifs is 3. The third kappa shape index (κ3) is 7.27. The fourth-order valence-corrected chi connectivity index (χ4v) is 6.34. The minimum absolute atomic E-state index is 0.0147. The molecule has 6 atom stereocenters. The van der Waals surface area contributed by atoms with E-state index in [1.165, 1.54) is 32.2 Å². The summed E-state index contributed by atoms with van der Waals surface area (Å²) in [6.45, 7) is 2.79. The van der Waals surface area contributed by atoms with Crippen molar-refractivity contribution in [3.8, 4) is 17.2 Å². The van der Waals surface area contributed by atoms with Crippen LogP contribution in [0, 0.1) is 0 Å². The van der Waals surface area contributed by atoms with Gasteiger partial charge in [0.15, 0.2) is 17.9 Å². The minimum atomic E-state index is -2.97. The maximum Gasteiger partial charge on any atom is 0.202 e. The van der Waals surface area contributed by atoms with E-state index in [1.54, 1.807) is 6.92 Å². The Morgan fingerprint density at radius 3 is 2.12 bits per heavy atom. The number of phenols is 2. The Bertz CT molecular complexity index is 1780. The molecule has 0 saturated carbocycles. The number of carboxylic acid groups (broad SMARTS) is 3. The molecule has 276 valence electrons. The predicted molar refractivity (Wildman–Crippen MR) is 160 cm³/mol. The number of rotatable bonds is 9. The zero-order valence-corrected chi connectivity index (χ0v) is 27.4. The number of ketones is 3. The number of hydrogen-bond donors (Lipinski definition) is 6. The van der Waals surface area contributed by atoms with Crippen molar-refractivity contribution in [3.05, 3.63) is 51.6 Å². The van der Waals surface area contributed by atoms with Crippen LogP contribution >= 0.6 is 0 Å². The van der Waals surface area contributed by atoms with Crippen LogP contribution in [0.4, 0.5) is 0 Å². The van der Waals surface area contributed by atoms with Gasteiger partial charge < -0.3 is 75.2 Å². The van der Waals surface area contributed by atoms with Crippen molar-refractivity contribution in [3.63, 3.8) is 0 Å². The molecule has 0 radical (unpaired) electrons. The zero-order chi connectivity index (χ0) is 38.3. The summed E-state index contributed by atoms with van der Waals surface area (Å²) in [7, 11) is 1.34. The van der Waals surface area contributed by atoms with Gasteiger partial charge in [0.25, 0.3) is 0 Å². The molecule has 2 aliphatic carbocycles. The van der Waals surface area contributed by atoms with Gasteiger partial charge >= 0.3 is 0 Å². The predicted octanol–water partition coefficient (Wildman–Crippen LogP) is -4.22. The minimum Gasteiger partial charge on any atom is -0.550 e. The summed E-state index contributed by atoms with van der Waals surface area (Å²) in [4.78, 5) is 69.6. The molecule has 0 bridgehead atoms. The number of hydrogen-bond acceptors (Lipinski definition) is 18. The number of ether oxygens (including phenoxy) is 3. The summed E-state index contributed by atoms with van der Waals surface area (Å²) < 4.78 is 17.1. The van der Waals surface area contributed by atoms with Crippen LogP contribution < -0.4 is 25.8 Å². The summed E-state index contributed by atoms with van der Waals surface area (Å²) in [5.41, 5.74) is -0.00187.